The van der Waals surface area contributed by atoms with Crippen molar-refractivity contribution in [1.82, 2.24) is 15.2 Å². The molecule has 0 unspecified atom stereocenters. The summed E-state index contributed by atoms with van der Waals surface area (Å²) in [4.78, 5) is 19.7. The van der Waals surface area contributed by atoms with E-state index in [9.17, 15) is 4.79 Å². The molecule has 92 valence electrons. The molecule has 1 N–H and O–H groups in total. The second-order valence-corrected chi connectivity index (χ2v) is 6.18. The number of likely N-dealkylation sites (tertiary alicyclic amines) is 1. The van der Waals surface area contributed by atoms with Crippen LogP contribution in [0.15, 0.2) is 0 Å². The minimum absolute atomic E-state index is 0.276. The van der Waals surface area contributed by atoms with Crippen molar-refractivity contribution in [2.45, 2.75) is 45.3 Å². The Morgan fingerprint density at radius 2 is 2.35 bits per heavy atom. The molecule has 0 aromatic carbocycles. The maximum atomic E-state index is 11.9. The van der Waals surface area contributed by atoms with Crippen molar-refractivity contribution in [2.75, 3.05) is 6.54 Å². The summed E-state index contributed by atoms with van der Waals surface area (Å²) in [5.41, 5.74) is 1.10. The number of carbonyl (C=O) groups excluding carboxylic acids is 1. The van der Waals surface area contributed by atoms with Gasteiger partial charge in [-0.25, -0.2) is 4.98 Å². The van der Waals surface area contributed by atoms with Gasteiger partial charge in [-0.05, 0) is 26.8 Å². The van der Waals surface area contributed by atoms with Crippen molar-refractivity contribution in [2.24, 2.45) is 0 Å². The van der Waals surface area contributed by atoms with E-state index in [2.05, 4.69) is 17.2 Å². The minimum atomic E-state index is 0.276. The van der Waals surface area contributed by atoms with E-state index in [-0.39, 0.29) is 5.91 Å². The van der Waals surface area contributed by atoms with Gasteiger partial charge in [-0.15, -0.1) is 11.3 Å². The Balaban J connectivity index is 1.78. The van der Waals surface area contributed by atoms with Crippen molar-refractivity contribution in [3.8, 4) is 0 Å². The van der Waals surface area contributed by atoms with Crippen LogP contribution in [-0.2, 0) is 11.3 Å². The van der Waals surface area contributed by atoms with Crippen LogP contribution >= 0.6 is 11.3 Å². The molecule has 3 heterocycles. The van der Waals surface area contributed by atoms with Gasteiger partial charge in [0.1, 0.15) is 5.01 Å². The number of amides is 1. The van der Waals surface area contributed by atoms with Gasteiger partial charge in [0.05, 0.1) is 12.2 Å². The molecule has 5 heteroatoms. The van der Waals surface area contributed by atoms with Gasteiger partial charge in [-0.3, -0.25) is 4.79 Å². The van der Waals surface area contributed by atoms with Crippen molar-refractivity contribution >= 4 is 17.2 Å². The molecule has 2 atom stereocenters. The molecule has 0 saturated carbocycles. The molecule has 2 saturated heterocycles. The number of hydrogen-bond donors (Lipinski definition) is 1. The van der Waals surface area contributed by atoms with E-state index < -0.39 is 0 Å². The van der Waals surface area contributed by atoms with E-state index >= 15 is 0 Å². The van der Waals surface area contributed by atoms with E-state index in [0.717, 1.165) is 23.7 Å². The number of aromatic nitrogens is 1. The standard InChI is InChI=1S/C12H17N3OS/c1-7-8(2)17-11(14-7)6-15-10-3-4-13-9(10)5-12(15)16/h9-10,13H,3-6H2,1-2H3/t9-,10-/m1/s1. The van der Waals surface area contributed by atoms with Crippen LogP contribution in [0, 0.1) is 13.8 Å². The van der Waals surface area contributed by atoms with Gasteiger partial charge in [0, 0.05) is 23.4 Å². The number of nitrogens with zero attached hydrogens (tertiary/aromatic N) is 2. The molecule has 0 radical (unpaired) electrons. The fourth-order valence-electron chi connectivity index (χ4n) is 2.78. The number of nitrogens with one attached hydrogen (secondary N) is 1. The molecule has 3 rings (SSSR count). The molecular formula is C12H17N3OS. The van der Waals surface area contributed by atoms with Crippen LogP contribution in [0.3, 0.4) is 0 Å². The average Bonchev–Trinajstić information content (AvgIpc) is 2.89. The van der Waals surface area contributed by atoms with Gasteiger partial charge in [-0.2, -0.15) is 0 Å². The summed E-state index contributed by atoms with van der Waals surface area (Å²) in [6.07, 6.45) is 1.74. The molecule has 1 aromatic heterocycles. The number of aryl methyl sites for hydroxylation is 2. The van der Waals surface area contributed by atoms with E-state index in [4.69, 9.17) is 0 Å². The third-order valence-corrected chi connectivity index (χ3v) is 4.86. The second kappa shape index (κ2) is 4.07. The van der Waals surface area contributed by atoms with Gasteiger partial charge >= 0.3 is 0 Å². The summed E-state index contributed by atoms with van der Waals surface area (Å²) >= 11 is 1.71. The Labute approximate surface area is 105 Å². The number of rotatable bonds is 2. The first-order chi connectivity index (χ1) is 8.15. The van der Waals surface area contributed by atoms with Gasteiger partial charge in [0.25, 0.3) is 0 Å². The lowest BCUT2D eigenvalue weighted by Gasteiger charge is -2.22. The van der Waals surface area contributed by atoms with Crippen LogP contribution in [0.5, 0.6) is 0 Å². The molecule has 2 aliphatic heterocycles. The summed E-state index contributed by atoms with van der Waals surface area (Å²) in [6, 6.07) is 0.775. The monoisotopic (exact) mass is 251 g/mol. The number of carbonyl (C=O) groups is 1. The minimum Gasteiger partial charge on any atom is -0.331 e. The van der Waals surface area contributed by atoms with Gasteiger partial charge in [0.2, 0.25) is 5.91 Å². The Hall–Kier alpha value is -0.940. The maximum absolute atomic E-state index is 11.9. The van der Waals surface area contributed by atoms with Gasteiger partial charge in [-0.1, -0.05) is 0 Å². The number of hydrogen-bond acceptors (Lipinski definition) is 4. The fraction of sp³-hybridized carbons (Fsp3) is 0.667. The van der Waals surface area contributed by atoms with Crippen molar-refractivity contribution in [1.29, 1.82) is 0 Å². The highest BCUT2D eigenvalue weighted by Crippen LogP contribution is 2.29. The first kappa shape index (κ1) is 11.2. The Bertz CT molecular complexity index is 437. The lowest BCUT2D eigenvalue weighted by molar-refractivity contribution is -0.129. The predicted molar refractivity (Wildman–Crippen MR) is 67.0 cm³/mol. The summed E-state index contributed by atoms with van der Waals surface area (Å²) in [5, 5.41) is 4.47. The Morgan fingerprint density at radius 1 is 1.53 bits per heavy atom. The van der Waals surface area contributed by atoms with Crippen molar-refractivity contribution in [3.05, 3.63) is 15.6 Å². The smallest absolute Gasteiger partial charge is 0.224 e. The van der Waals surface area contributed by atoms with E-state index in [0.29, 0.717) is 25.0 Å². The van der Waals surface area contributed by atoms with Crippen LogP contribution in [0.2, 0.25) is 0 Å². The summed E-state index contributed by atoms with van der Waals surface area (Å²) in [6.45, 7) is 5.85. The lowest BCUT2D eigenvalue weighted by Crippen LogP contribution is -2.35. The highest BCUT2D eigenvalue weighted by molar-refractivity contribution is 7.11. The normalized spacial score (nSPS) is 27.9. The van der Waals surface area contributed by atoms with Gasteiger partial charge in [0.15, 0.2) is 0 Å². The third kappa shape index (κ3) is 1.87. The predicted octanol–water partition coefficient (Wildman–Crippen LogP) is 1.22. The van der Waals surface area contributed by atoms with Crippen LogP contribution in [0.1, 0.15) is 28.4 Å². The number of thiazole rings is 1. The summed E-state index contributed by atoms with van der Waals surface area (Å²) in [5.74, 6) is 0.276. The van der Waals surface area contributed by atoms with Crippen molar-refractivity contribution in [3.63, 3.8) is 0 Å². The van der Waals surface area contributed by atoms with E-state index in [1.807, 2.05) is 11.8 Å². The topological polar surface area (TPSA) is 45.2 Å². The third-order valence-electron chi connectivity index (χ3n) is 3.80. The van der Waals surface area contributed by atoms with Crippen LogP contribution < -0.4 is 5.32 Å². The molecule has 1 aromatic rings. The van der Waals surface area contributed by atoms with E-state index in [1.54, 1.807) is 11.3 Å². The van der Waals surface area contributed by atoms with Crippen LogP contribution in [0.25, 0.3) is 0 Å². The molecule has 4 nitrogen and oxygen atoms in total. The highest BCUT2D eigenvalue weighted by Gasteiger charge is 2.42. The molecule has 0 bridgehead atoms. The zero-order chi connectivity index (χ0) is 12.0. The maximum Gasteiger partial charge on any atom is 0.224 e. The summed E-state index contributed by atoms with van der Waals surface area (Å²) < 4.78 is 0. The SMILES string of the molecule is Cc1nc(CN2C(=O)C[C@H]3NCC[C@H]32)sc1C. The molecule has 17 heavy (non-hydrogen) atoms. The van der Waals surface area contributed by atoms with Crippen molar-refractivity contribution < 1.29 is 4.79 Å². The molecular weight excluding hydrogens is 234 g/mol. The fourth-order valence-corrected chi connectivity index (χ4v) is 3.72. The zero-order valence-electron chi connectivity index (χ0n) is 10.2. The molecule has 0 spiro atoms. The average molecular weight is 251 g/mol. The largest absolute Gasteiger partial charge is 0.331 e. The quantitative estimate of drug-likeness (QED) is 0.859. The van der Waals surface area contributed by atoms with Gasteiger partial charge < -0.3 is 10.2 Å². The Morgan fingerprint density at radius 3 is 3.06 bits per heavy atom. The summed E-state index contributed by atoms with van der Waals surface area (Å²) in [7, 11) is 0. The first-order valence-corrected chi connectivity index (χ1v) is 6.92. The first-order valence-electron chi connectivity index (χ1n) is 6.11. The number of fused-ring (bicyclic) bond motifs is 1. The lowest BCUT2D eigenvalue weighted by atomic mass is 10.1. The highest BCUT2D eigenvalue weighted by atomic mass is 32.1. The molecule has 0 aliphatic carbocycles. The molecule has 1 amide bonds. The van der Waals surface area contributed by atoms with Crippen LogP contribution in [-0.4, -0.2) is 34.4 Å². The molecule has 2 aliphatic rings. The van der Waals surface area contributed by atoms with Crippen LogP contribution in [0.4, 0.5) is 0 Å². The zero-order valence-corrected chi connectivity index (χ0v) is 11.0. The Kier molecular flexibility index (Phi) is 2.67. The van der Waals surface area contributed by atoms with E-state index in [1.165, 1.54) is 4.88 Å². The second-order valence-electron chi connectivity index (χ2n) is 4.89. The molecule has 2 fully saturated rings.